The average molecular weight is 1130 g/mol. The molecule has 456 valence electrons. The van der Waals surface area contributed by atoms with Crippen molar-refractivity contribution in [2.75, 3.05) is 26.4 Å². The number of hydrogen-bond donors (Lipinski definition) is 12. The van der Waals surface area contributed by atoms with E-state index in [0.29, 0.717) is 6.42 Å². The number of aliphatic hydroxyl groups excluding tert-OH is 11. The van der Waals surface area contributed by atoms with Crippen molar-refractivity contribution < 1.29 is 89.4 Å². The Morgan fingerprint density at radius 3 is 1.37 bits per heavy atom. The molecule has 0 aromatic rings. The zero-order valence-corrected chi connectivity index (χ0v) is 47.3. The summed E-state index contributed by atoms with van der Waals surface area (Å²) >= 11 is 0. The highest BCUT2D eigenvalue weighted by Crippen LogP contribution is 2.33. The lowest BCUT2D eigenvalue weighted by Crippen LogP contribution is -2.66. The van der Waals surface area contributed by atoms with Gasteiger partial charge >= 0.3 is 0 Å². The molecular weight excluding hydrogens is 1020 g/mol. The summed E-state index contributed by atoms with van der Waals surface area (Å²) in [5, 5.41) is 120. The van der Waals surface area contributed by atoms with Crippen LogP contribution >= 0.6 is 0 Å². The number of ether oxygens (including phenoxy) is 6. The van der Waals surface area contributed by atoms with Crippen LogP contribution in [0.25, 0.3) is 0 Å². The van der Waals surface area contributed by atoms with Crippen LogP contribution < -0.4 is 5.32 Å². The molecule has 17 unspecified atom stereocenters. The summed E-state index contributed by atoms with van der Waals surface area (Å²) in [6, 6.07) is -0.986. The van der Waals surface area contributed by atoms with E-state index in [-0.39, 0.29) is 18.9 Å². The lowest BCUT2D eigenvalue weighted by atomic mass is 9.96. The van der Waals surface area contributed by atoms with Gasteiger partial charge in [-0.1, -0.05) is 170 Å². The Morgan fingerprint density at radius 1 is 0.468 bits per heavy atom. The highest BCUT2D eigenvalue weighted by Gasteiger charge is 2.53. The SMILES string of the molecule is CC/C=C\C/C=C\C/C=C\C/C=C\C/C=C\CCCCCCCC(=O)NC(COC1OC(CO)C(OC2OC(CO)C(OC3OC(CO)C(O)C(O)C3O)C(O)C2O)C(O)C1O)C(O)/C=C/CCCCCCCCCCCCC. The van der Waals surface area contributed by atoms with Crippen LogP contribution in [0.4, 0.5) is 0 Å². The van der Waals surface area contributed by atoms with Gasteiger partial charge in [-0.3, -0.25) is 4.79 Å². The lowest BCUT2D eigenvalue weighted by Gasteiger charge is -2.48. The molecule has 19 nitrogen and oxygen atoms in total. The topological polar surface area (TPSA) is 307 Å². The highest BCUT2D eigenvalue weighted by molar-refractivity contribution is 5.76. The van der Waals surface area contributed by atoms with Crippen LogP contribution in [0.3, 0.4) is 0 Å². The van der Waals surface area contributed by atoms with Crippen molar-refractivity contribution in [3.05, 3.63) is 72.9 Å². The third-order valence-corrected chi connectivity index (χ3v) is 14.5. The Morgan fingerprint density at radius 2 is 0.873 bits per heavy atom. The molecule has 0 aromatic carbocycles. The minimum absolute atomic E-state index is 0.217. The van der Waals surface area contributed by atoms with Gasteiger partial charge in [-0.25, -0.2) is 0 Å². The number of carbonyl (C=O) groups is 1. The third-order valence-electron chi connectivity index (χ3n) is 14.5. The first-order valence-corrected chi connectivity index (χ1v) is 29.7. The predicted molar refractivity (Wildman–Crippen MR) is 300 cm³/mol. The van der Waals surface area contributed by atoms with Crippen LogP contribution in [0.2, 0.25) is 0 Å². The second-order valence-corrected chi connectivity index (χ2v) is 21.1. The fourth-order valence-corrected chi connectivity index (χ4v) is 9.63. The maximum absolute atomic E-state index is 13.3. The fraction of sp³-hybridized carbons (Fsp3) is 0.783. The summed E-state index contributed by atoms with van der Waals surface area (Å²) in [7, 11) is 0. The van der Waals surface area contributed by atoms with E-state index in [1.54, 1.807) is 6.08 Å². The number of amides is 1. The Labute approximate surface area is 470 Å². The first kappa shape index (κ1) is 70.5. The molecular formula is C60H103NO18. The molecule has 0 aromatic heterocycles. The Kier molecular flexibility index (Phi) is 38.3. The third kappa shape index (κ3) is 27.0. The van der Waals surface area contributed by atoms with E-state index in [1.807, 2.05) is 6.08 Å². The normalized spacial score (nSPS) is 30.8. The van der Waals surface area contributed by atoms with E-state index in [4.69, 9.17) is 28.4 Å². The van der Waals surface area contributed by atoms with Gasteiger partial charge in [0.15, 0.2) is 18.9 Å². The van der Waals surface area contributed by atoms with Crippen molar-refractivity contribution in [2.45, 2.75) is 272 Å². The Balaban J connectivity index is 1.51. The summed E-state index contributed by atoms with van der Waals surface area (Å²) in [6.07, 6.45) is 23.1. The molecule has 0 spiro atoms. The molecule has 3 heterocycles. The number of allylic oxidation sites excluding steroid dienone is 11. The maximum atomic E-state index is 13.3. The van der Waals surface area contributed by atoms with Crippen molar-refractivity contribution in [3.63, 3.8) is 0 Å². The molecule has 0 bridgehead atoms. The van der Waals surface area contributed by atoms with E-state index in [9.17, 15) is 61.0 Å². The summed E-state index contributed by atoms with van der Waals surface area (Å²) in [5.74, 6) is -0.299. The minimum atomic E-state index is -1.98. The van der Waals surface area contributed by atoms with Crippen molar-refractivity contribution in [1.29, 1.82) is 0 Å². The molecule has 1 amide bonds. The smallest absolute Gasteiger partial charge is 0.220 e. The monoisotopic (exact) mass is 1130 g/mol. The van der Waals surface area contributed by atoms with Gasteiger partial charge in [-0.2, -0.15) is 0 Å². The highest BCUT2D eigenvalue weighted by atomic mass is 16.8. The van der Waals surface area contributed by atoms with Gasteiger partial charge in [0.25, 0.3) is 0 Å². The molecule has 3 aliphatic heterocycles. The quantitative estimate of drug-likeness (QED) is 0.0282. The van der Waals surface area contributed by atoms with Crippen LogP contribution in [0.1, 0.15) is 168 Å². The molecule has 19 heteroatoms. The van der Waals surface area contributed by atoms with Crippen LogP contribution in [0.5, 0.6) is 0 Å². The molecule has 3 aliphatic rings. The molecule has 12 N–H and O–H groups in total. The molecule has 17 atom stereocenters. The second-order valence-electron chi connectivity index (χ2n) is 21.1. The van der Waals surface area contributed by atoms with Gasteiger partial charge in [0.05, 0.1) is 38.6 Å². The van der Waals surface area contributed by atoms with Crippen LogP contribution in [-0.2, 0) is 33.2 Å². The van der Waals surface area contributed by atoms with Gasteiger partial charge in [0.1, 0.15) is 73.2 Å². The number of unbranched alkanes of at least 4 members (excludes halogenated alkanes) is 16. The Hall–Kier alpha value is -2.77. The predicted octanol–water partition coefficient (Wildman–Crippen LogP) is 5.04. The maximum Gasteiger partial charge on any atom is 0.220 e. The fourth-order valence-electron chi connectivity index (χ4n) is 9.63. The number of aliphatic hydroxyl groups is 11. The first-order chi connectivity index (χ1) is 38.3. The van der Waals surface area contributed by atoms with Crippen LogP contribution in [-0.4, -0.2) is 193 Å². The molecule has 3 saturated heterocycles. The van der Waals surface area contributed by atoms with Crippen LogP contribution in [0.15, 0.2) is 72.9 Å². The molecule has 0 aliphatic carbocycles. The van der Waals surface area contributed by atoms with Crippen molar-refractivity contribution in [1.82, 2.24) is 5.32 Å². The molecule has 0 saturated carbocycles. The van der Waals surface area contributed by atoms with Gasteiger partial charge in [-0.15, -0.1) is 0 Å². The molecule has 0 radical (unpaired) electrons. The summed E-state index contributed by atoms with van der Waals surface area (Å²) in [6.45, 7) is 1.56. The minimum Gasteiger partial charge on any atom is -0.394 e. The average Bonchev–Trinajstić information content (AvgIpc) is 3.45. The largest absolute Gasteiger partial charge is 0.394 e. The van der Waals surface area contributed by atoms with E-state index in [0.717, 1.165) is 89.9 Å². The van der Waals surface area contributed by atoms with Crippen LogP contribution in [0, 0.1) is 0 Å². The number of nitrogens with one attached hydrogen (secondary N) is 1. The van der Waals surface area contributed by atoms with E-state index < -0.39 is 124 Å². The van der Waals surface area contributed by atoms with Gasteiger partial charge in [0.2, 0.25) is 5.91 Å². The first-order valence-electron chi connectivity index (χ1n) is 29.7. The second kappa shape index (κ2) is 43.0. The van der Waals surface area contributed by atoms with Crippen molar-refractivity contribution in [3.8, 4) is 0 Å². The van der Waals surface area contributed by atoms with E-state index in [1.165, 1.54) is 51.4 Å². The number of hydrogen-bond acceptors (Lipinski definition) is 18. The van der Waals surface area contributed by atoms with E-state index in [2.05, 4.69) is 79.9 Å². The standard InChI is InChI=1S/C60H103NO18/c1-3-5-7-9-11-13-15-17-18-19-20-21-22-23-24-26-28-30-32-34-36-38-48(66)61-43(44(65)37-35-33-31-29-27-25-16-14-12-10-8-6-4-2)42-74-58-54(72)51(69)56(46(40-63)76-58)79-60-55(73)52(70)57(47(41-64)77-60)78-59-53(71)50(68)49(67)45(39-62)75-59/h5,7,11,13,17-18,20-21,23-24,35,37,43-47,49-60,62-65,67-73H,3-4,6,8-10,12,14-16,19,22,25-34,36,38-42H2,1-2H3,(H,61,66)/b7-5-,13-11-,18-17-,21-20-,24-23-,37-35+. The molecule has 79 heavy (non-hydrogen) atoms. The lowest BCUT2D eigenvalue weighted by molar-refractivity contribution is -0.379. The van der Waals surface area contributed by atoms with Crippen molar-refractivity contribution >= 4 is 5.91 Å². The van der Waals surface area contributed by atoms with Gasteiger partial charge < -0.3 is 89.9 Å². The summed E-state index contributed by atoms with van der Waals surface area (Å²) < 4.78 is 34.2. The molecule has 3 rings (SSSR count). The number of carbonyl (C=O) groups excluding carboxylic acids is 1. The number of rotatable bonds is 42. The van der Waals surface area contributed by atoms with E-state index >= 15 is 0 Å². The van der Waals surface area contributed by atoms with Gasteiger partial charge in [0, 0.05) is 6.42 Å². The Bertz CT molecular complexity index is 1730. The summed E-state index contributed by atoms with van der Waals surface area (Å²) in [5.41, 5.74) is 0. The zero-order chi connectivity index (χ0) is 57.6. The van der Waals surface area contributed by atoms with Crippen molar-refractivity contribution in [2.24, 2.45) is 0 Å². The zero-order valence-electron chi connectivity index (χ0n) is 47.3. The molecule has 3 fully saturated rings. The van der Waals surface area contributed by atoms with Gasteiger partial charge in [-0.05, 0) is 64.2 Å². The summed E-state index contributed by atoms with van der Waals surface area (Å²) in [4.78, 5) is 13.3.